The van der Waals surface area contributed by atoms with Gasteiger partial charge in [-0.3, -0.25) is 19.4 Å². The largest absolute Gasteiger partial charge is 0.361 e. The van der Waals surface area contributed by atoms with Gasteiger partial charge in [0.2, 0.25) is 17.7 Å². The molecular weight excluding hydrogens is 660 g/mol. The quantitative estimate of drug-likeness (QED) is 0.0666. The highest BCUT2D eigenvalue weighted by Crippen LogP contribution is 2.20. The molecule has 3 heterocycles. The number of para-hydroxylation sites is 2. The van der Waals surface area contributed by atoms with Crippen LogP contribution < -0.4 is 22.1 Å². The Hall–Kier alpha value is -5.73. The first-order valence-corrected chi connectivity index (χ1v) is 17.6. The molecule has 5 aromatic rings. The highest BCUT2D eigenvalue weighted by molar-refractivity contribution is 5.89. The van der Waals surface area contributed by atoms with Crippen LogP contribution in [0.4, 0.5) is 4.79 Å². The molecule has 0 aliphatic heterocycles. The maximum absolute atomic E-state index is 14.0. The number of carbonyl (C=O) groups is 4. The number of nitrogens with two attached hydrogens (primary N) is 2. The lowest BCUT2D eigenvalue weighted by Crippen LogP contribution is -2.50. The van der Waals surface area contributed by atoms with Crippen molar-refractivity contribution in [2.75, 3.05) is 58.9 Å². The number of nitrogens with one attached hydrogen (secondary N) is 4. The second-order valence-corrected chi connectivity index (χ2v) is 12.6. The zero-order chi connectivity index (χ0) is 36.7. The van der Waals surface area contributed by atoms with E-state index in [4.69, 9.17) is 11.5 Å². The van der Waals surface area contributed by atoms with Gasteiger partial charge in [-0.15, -0.1) is 0 Å². The standard InChI is InChI=1S/C38H48N10O4/c39-14-20-46(18-12-29-23-44-33-10-3-1-8-31(29)33)36(50)26-47(17-6-16-43-38(40)52)37(51)27-48(35(49)25-42-22-28-7-5-15-41-21-28)19-13-30-24-45-34-11-4-2-9-32(30)34/h1-5,7-11,15,21,23-24,42,44-45H,6,12-14,16-20,22,25-27,39H2,(H3,40,43,52). The van der Waals surface area contributed by atoms with E-state index >= 15 is 0 Å². The van der Waals surface area contributed by atoms with E-state index in [1.165, 1.54) is 9.80 Å². The minimum Gasteiger partial charge on any atom is -0.361 e. The van der Waals surface area contributed by atoms with Gasteiger partial charge in [-0.1, -0.05) is 42.5 Å². The van der Waals surface area contributed by atoms with Gasteiger partial charge in [0.15, 0.2) is 0 Å². The van der Waals surface area contributed by atoms with Crippen molar-refractivity contribution in [2.45, 2.75) is 25.8 Å². The van der Waals surface area contributed by atoms with Gasteiger partial charge in [0.05, 0.1) is 19.6 Å². The number of fused-ring (bicyclic) bond motifs is 2. The van der Waals surface area contributed by atoms with E-state index in [9.17, 15) is 19.2 Å². The number of nitrogens with zero attached hydrogens (tertiary/aromatic N) is 4. The van der Waals surface area contributed by atoms with Crippen molar-refractivity contribution in [3.8, 4) is 0 Å². The van der Waals surface area contributed by atoms with E-state index < -0.39 is 6.03 Å². The summed E-state index contributed by atoms with van der Waals surface area (Å²) in [6.07, 6.45) is 8.78. The molecule has 14 heteroatoms. The van der Waals surface area contributed by atoms with Crippen molar-refractivity contribution in [1.29, 1.82) is 0 Å². The van der Waals surface area contributed by atoms with Gasteiger partial charge < -0.3 is 46.8 Å². The molecule has 0 spiro atoms. The van der Waals surface area contributed by atoms with Crippen molar-refractivity contribution < 1.29 is 19.2 Å². The summed E-state index contributed by atoms with van der Waals surface area (Å²) < 4.78 is 0. The van der Waals surface area contributed by atoms with Gasteiger partial charge in [-0.25, -0.2) is 4.79 Å². The Morgan fingerprint density at radius 1 is 0.712 bits per heavy atom. The van der Waals surface area contributed by atoms with Gasteiger partial charge in [-0.05, 0) is 54.2 Å². The van der Waals surface area contributed by atoms with Gasteiger partial charge in [0, 0.05) is 92.4 Å². The van der Waals surface area contributed by atoms with E-state index in [0.717, 1.165) is 38.5 Å². The number of hydrogen-bond acceptors (Lipinski definition) is 7. The number of H-pyrrole nitrogens is 2. The summed E-state index contributed by atoms with van der Waals surface area (Å²) in [6, 6.07) is 19.0. The molecule has 5 rings (SSSR count). The summed E-state index contributed by atoms with van der Waals surface area (Å²) in [7, 11) is 0. The SMILES string of the molecule is NCCN(CCc1c[nH]c2ccccc12)C(=O)CN(CCCNC(N)=O)C(=O)CN(CCc1c[nH]c2ccccc12)C(=O)CNCc1cccnc1. The molecule has 0 fully saturated rings. The number of carbonyl (C=O) groups excluding carboxylic acids is 4. The Balaban J connectivity index is 1.28. The summed E-state index contributed by atoms with van der Waals surface area (Å²) in [5, 5.41) is 7.85. The number of aromatic amines is 2. The predicted molar refractivity (Wildman–Crippen MR) is 201 cm³/mol. The fourth-order valence-electron chi connectivity index (χ4n) is 6.22. The van der Waals surface area contributed by atoms with Crippen molar-refractivity contribution in [3.63, 3.8) is 0 Å². The lowest BCUT2D eigenvalue weighted by molar-refractivity contribution is -0.144. The summed E-state index contributed by atoms with van der Waals surface area (Å²) >= 11 is 0. The third kappa shape index (κ3) is 10.6. The number of rotatable bonds is 20. The molecule has 2 aromatic carbocycles. The van der Waals surface area contributed by atoms with E-state index in [1.807, 2.05) is 73.1 Å². The molecule has 0 unspecified atom stereocenters. The van der Waals surface area contributed by atoms with Crippen LogP contribution in [0.2, 0.25) is 0 Å². The highest BCUT2D eigenvalue weighted by atomic mass is 16.2. The fraction of sp³-hybridized carbons (Fsp3) is 0.342. The minimum atomic E-state index is -0.673. The topological polar surface area (TPSA) is 199 Å². The smallest absolute Gasteiger partial charge is 0.312 e. The second kappa shape index (κ2) is 19.0. The van der Waals surface area contributed by atoms with Gasteiger partial charge in [0.1, 0.15) is 0 Å². The molecule has 274 valence electrons. The highest BCUT2D eigenvalue weighted by Gasteiger charge is 2.25. The van der Waals surface area contributed by atoms with E-state index in [-0.39, 0.29) is 63.5 Å². The van der Waals surface area contributed by atoms with Crippen molar-refractivity contribution in [1.82, 2.24) is 40.3 Å². The normalized spacial score (nSPS) is 11.1. The monoisotopic (exact) mass is 708 g/mol. The van der Waals surface area contributed by atoms with Crippen molar-refractivity contribution in [2.24, 2.45) is 11.5 Å². The second-order valence-electron chi connectivity index (χ2n) is 12.6. The molecule has 3 aromatic heterocycles. The number of urea groups is 1. The van der Waals surface area contributed by atoms with Crippen LogP contribution in [-0.4, -0.2) is 112 Å². The lowest BCUT2D eigenvalue weighted by atomic mass is 10.1. The predicted octanol–water partition coefficient (Wildman–Crippen LogP) is 2.12. The van der Waals surface area contributed by atoms with Gasteiger partial charge in [-0.2, -0.15) is 0 Å². The van der Waals surface area contributed by atoms with Gasteiger partial charge >= 0.3 is 6.03 Å². The van der Waals surface area contributed by atoms with Gasteiger partial charge in [0.25, 0.3) is 0 Å². The average Bonchev–Trinajstić information content (AvgIpc) is 3.77. The first-order chi connectivity index (χ1) is 25.3. The van der Waals surface area contributed by atoms with Crippen LogP contribution in [0.5, 0.6) is 0 Å². The molecule has 52 heavy (non-hydrogen) atoms. The average molecular weight is 709 g/mol. The third-order valence-corrected chi connectivity index (χ3v) is 8.99. The molecule has 14 nitrogen and oxygen atoms in total. The van der Waals surface area contributed by atoms with Crippen LogP contribution in [0, 0.1) is 0 Å². The molecular formula is C38H48N10O4. The molecule has 0 atom stereocenters. The first-order valence-electron chi connectivity index (χ1n) is 17.6. The fourth-order valence-corrected chi connectivity index (χ4v) is 6.22. The summed E-state index contributed by atoms with van der Waals surface area (Å²) in [6.45, 7) is 1.71. The number of hydrogen-bond donors (Lipinski definition) is 6. The Morgan fingerprint density at radius 3 is 1.90 bits per heavy atom. The van der Waals surface area contributed by atoms with E-state index in [0.29, 0.717) is 38.9 Å². The Labute approximate surface area is 302 Å². The van der Waals surface area contributed by atoms with Crippen molar-refractivity contribution in [3.05, 3.63) is 102 Å². The van der Waals surface area contributed by atoms with Crippen LogP contribution in [0.3, 0.4) is 0 Å². The summed E-state index contributed by atoms with van der Waals surface area (Å²) in [4.78, 5) is 68.2. The molecule has 0 aliphatic carbocycles. The van der Waals surface area contributed by atoms with Crippen LogP contribution in [0.25, 0.3) is 21.8 Å². The maximum atomic E-state index is 14.0. The number of amides is 5. The minimum absolute atomic E-state index is 0.00956. The Bertz CT molecular complexity index is 1920. The number of pyridine rings is 1. The van der Waals surface area contributed by atoms with Crippen LogP contribution in [0.1, 0.15) is 23.1 Å². The first kappa shape index (κ1) is 37.5. The van der Waals surface area contributed by atoms with E-state index in [1.54, 1.807) is 17.3 Å². The molecule has 0 bridgehead atoms. The van der Waals surface area contributed by atoms with Crippen LogP contribution >= 0.6 is 0 Å². The number of aromatic nitrogens is 3. The van der Waals surface area contributed by atoms with Crippen molar-refractivity contribution >= 4 is 45.6 Å². The molecule has 5 amide bonds. The van der Waals surface area contributed by atoms with Crippen LogP contribution in [0.15, 0.2) is 85.5 Å². The molecule has 0 saturated heterocycles. The lowest BCUT2D eigenvalue weighted by Gasteiger charge is -2.30. The Morgan fingerprint density at radius 2 is 1.31 bits per heavy atom. The Kier molecular flexibility index (Phi) is 13.7. The molecule has 0 radical (unpaired) electrons. The zero-order valence-electron chi connectivity index (χ0n) is 29.4. The molecule has 8 N–H and O–H groups in total. The number of primary amides is 1. The summed E-state index contributed by atoms with van der Waals surface area (Å²) in [5.41, 5.74) is 16.2. The van der Waals surface area contributed by atoms with E-state index in [2.05, 4.69) is 25.6 Å². The zero-order valence-corrected chi connectivity index (χ0v) is 29.4. The molecule has 0 aliphatic rings. The molecule has 0 saturated carbocycles. The third-order valence-electron chi connectivity index (χ3n) is 8.99. The summed E-state index contributed by atoms with van der Waals surface area (Å²) in [5.74, 6) is -0.880. The maximum Gasteiger partial charge on any atom is 0.312 e. The number of benzene rings is 2. The van der Waals surface area contributed by atoms with Crippen LogP contribution in [-0.2, 0) is 33.8 Å².